The monoisotopic (exact) mass is 378 g/mol. The van der Waals surface area contributed by atoms with Gasteiger partial charge in [0, 0.05) is 23.0 Å². The topological polar surface area (TPSA) is 35.5 Å². The molecule has 0 spiro atoms. The molecule has 3 rings (SSSR count). The van der Waals surface area contributed by atoms with Crippen LogP contribution < -0.4 is 15.3 Å². The van der Waals surface area contributed by atoms with Crippen molar-refractivity contribution >= 4 is 23.8 Å². The summed E-state index contributed by atoms with van der Waals surface area (Å²) in [6.45, 7) is 0.285. The summed E-state index contributed by atoms with van der Waals surface area (Å²) < 4.78 is 25.1. The van der Waals surface area contributed by atoms with Crippen LogP contribution in [-0.4, -0.2) is 20.8 Å². The van der Waals surface area contributed by atoms with Crippen molar-refractivity contribution in [2.24, 2.45) is 0 Å². The van der Waals surface area contributed by atoms with Crippen LogP contribution in [0.5, 0.6) is 5.75 Å². The minimum absolute atomic E-state index is 0.285. The van der Waals surface area contributed by atoms with Crippen molar-refractivity contribution in [1.29, 1.82) is 0 Å². The summed E-state index contributed by atoms with van der Waals surface area (Å²) in [5.74, 6) is 0.787. The Kier molecular flexibility index (Phi) is 6.28. The second-order valence-electron chi connectivity index (χ2n) is 6.12. The van der Waals surface area contributed by atoms with Crippen LogP contribution in [-0.2, 0) is 9.30 Å². The second-order valence-corrected chi connectivity index (χ2v) is 8.95. The Labute approximate surface area is 160 Å². The SMILES string of the molecule is COC/C(=C/c1ccc(OC)cc1)P(=O)(c1ccccc1)c1ccccc1. The van der Waals surface area contributed by atoms with Crippen LogP contribution >= 0.6 is 7.14 Å². The zero-order valence-electron chi connectivity index (χ0n) is 15.5. The molecule has 0 aliphatic rings. The van der Waals surface area contributed by atoms with E-state index in [1.807, 2.05) is 91.0 Å². The minimum atomic E-state index is -3.03. The third-order valence-electron chi connectivity index (χ3n) is 4.39. The summed E-state index contributed by atoms with van der Waals surface area (Å²) >= 11 is 0. The van der Waals surface area contributed by atoms with Crippen molar-refractivity contribution < 1.29 is 14.0 Å². The molecule has 138 valence electrons. The van der Waals surface area contributed by atoms with Crippen molar-refractivity contribution in [2.75, 3.05) is 20.8 Å². The maximum Gasteiger partial charge on any atom is 0.169 e. The Morgan fingerprint density at radius 2 is 1.33 bits per heavy atom. The van der Waals surface area contributed by atoms with Crippen LogP contribution in [0.1, 0.15) is 5.56 Å². The predicted molar refractivity (Wildman–Crippen MR) is 113 cm³/mol. The zero-order chi connectivity index (χ0) is 19.1. The van der Waals surface area contributed by atoms with Gasteiger partial charge in [0.2, 0.25) is 0 Å². The molecule has 3 nitrogen and oxygen atoms in total. The summed E-state index contributed by atoms with van der Waals surface area (Å²) in [7, 11) is 0.236. The average Bonchev–Trinajstić information content (AvgIpc) is 2.74. The summed E-state index contributed by atoms with van der Waals surface area (Å²) in [6.07, 6.45) is 1.96. The third kappa shape index (κ3) is 4.21. The number of hydrogen-bond acceptors (Lipinski definition) is 3. The molecule has 0 heterocycles. The van der Waals surface area contributed by atoms with Crippen LogP contribution in [0.3, 0.4) is 0 Å². The summed E-state index contributed by atoms with van der Waals surface area (Å²) in [5.41, 5.74) is 0.954. The number of benzene rings is 3. The first-order valence-electron chi connectivity index (χ1n) is 8.74. The van der Waals surface area contributed by atoms with E-state index in [1.165, 1.54) is 0 Å². The van der Waals surface area contributed by atoms with Crippen molar-refractivity contribution in [2.45, 2.75) is 0 Å². The molecule has 0 saturated carbocycles. The molecular formula is C23H23O3P. The molecule has 0 fully saturated rings. The number of ether oxygens (including phenoxy) is 2. The predicted octanol–water partition coefficient (Wildman–Crippen LogP) is 4.70. The van der Waals surface area contributed by atoms with Gasteiger partial charge in [-0.25, -0.2) is 0 Å². The lowest BCUT2D eigenvalue weighted by atomic mass is 10.2. The molecule has 0 aliphatic heterocycles. The van der Waals surface area contributed by atoms with Gasteiger partial charge < -0.3 is 14.0 Å². The normalized spacial score (nSPS) is 12.0. The average molecular weight is 378 g/mol. The van der Waals surface area contributed by atoms with Gasteiger partial charge in [-0.15, -0.1) is 0 Å². The molecule has 4 heteroatoms. The lowest BCUT2D eigenvalue weighted by Crippen LogP contribution is -2.19. The Morgan fingerprint density at radius 1 is 0.815 bits per heavy atom. The van der Waals surface area contributed by atoms with Crippen LogP contribution in [0.4, 0.5) is 0 Å². The van der Waals surface area contributed by atoms with E-state index in [9.17, 15) is 4.57 Å². The van der Waals surface area contributed by atoms with E-state index in [0.29, 0.717) is 0 Å². The molecule has 0 N–H and O–H groups in total. The smallest absolute Gasteiger partial charge is 0.169 e. The van der Waals surface area contributed by atoms with E-state index >= 15 is 0 Å². The Morgan fingerprint density at radius 3 is 1.78 bits per heavy atom. The van der Waals surface area contributed by atoms with Gasteiger partial charge in [0.15, 0.2) is 7.14 Å². The Bertz CT molecular complexity index is 889. The Hall–Kier alpha value is -2.61. The Balaban J connectivity index is 2.17. The lowest BCUT2D eigenvalue weighted by molar-refractivity contribution is 0.231. The first-order valence-corrected chi connectivity index (χ1v) is 10.4. The van der Waals surface area contributed by atoms with Crippen molar-refractivity contribution in [3.8, 4) is 5.75 Å². The molecule has 0 radical (unpaired) electrons. The molecule has 27 heavy (non-hydrogen) atoms. The fraction of sp³-hybridized carbons (Fsp3) is 0.130. The lowest BCUT2D eigenvalue weighted by Gasteiger charge is -2.22. The first kappa shape index (κ1) is 19.2. The molecular weight excluding hydrogens is 355 g/mol. The van der Waals surface area contributed by atoms with Crippen molar-refractivity contribution in [3.05, 3.63) is 95.8 Å². The van der Waals surface area contributed by atoms with Gasteiger partial charge in [-0.2, -0.15) is 0 Å². The number of hydrogen-bond donors (Lipinski definition) is 0. The third-order valence-corrected chi connectivity index (χ3v) is 7.50. The molecule has 0 atom stereocenters. The highest BCUT2D eigenvalue weighted by Crippen LogP contribution is 2.52. The summed E-state index contributed by atoms with van der Waals surface area (Å²) in [6, 6.07) is 26.9. The van der Waals surface area contributed by atoms with Gasteiger partial charge >= 0.3 is 0 Å². The van der Waals surface area contributed by atoms with E-state index in [-0.39, 0.29) is 6.61 Å². The van der Waals surface area contributed by atoms with Crippen molar-refractivity contribution in [1.82, 2.24) is 0 Å². The van der Waals surface area contributed by atoms with Crippen LogP contribution in [0.15, 0.2) is 90.2 Å². The fourth-order valence-electron chi connectivity index (χ4n) is 3.02. The molecule has 0 bridgehead atoms. The van der Waals surface area contributed by atoms with Gasteiger partial charge in [0.05, 0.1) is 13.7 Å². The number of rotatable bonds is 7. The molecule has 0 aromatic heterocycles. The van der Waals surface area contributed by atoms with E-state index in [0.717, 1.165) is 27.2 Å². The van der Waals surface area contributed by atoms with Gasteiger partial charge in [0.1, 0.15) is 5.75 Å². The largest absolute Gasteiger partial charge is 0.497 e. The zero-order valence-corrected chi connectivity index (χ0v) is 16.4. The fourth-order valence-corrected chi connectivity index (χ4v) is 5.81. The summed E-state index contributed by atoms with van der Waals surface area (Å²) in [5, 5.41) is 2.36. The van der Waals surface area contributed by atoms with Gasteiger partial charge in [-0.05, 0) is 23.8 Å². The standard InChI is InChI=1S/C23H23O3P/c1-25-18-23(17-19-13-15-20(26-2)16-14-19)27(24,21-9-5-3-6-10-21)22-11-7-4-8-12-22/h3-17H,18H2,1-2H3/b23-17-. The quantitative estimate of drug-likeness (QED) is 0.559. The maximum absolute atomic E-state index is 14.5. The van der Waals surface area contributed by atoms with Crippen molar-refractivity contribution in [3.63, 3.8) is 0 Å². The molecule has 0 aliphatic carbocycles. The first-order chi connectivity index (χ1) is 13.2. The highest BCUT2D eigenvalue weighted by atomic mass is 31.2. The molecule has 0 unspecified atom stereocenters. The molecule has 3 aromatic carbocycles. The van der Waals surface area contributed by atoms with Crippen LogP contribution in [0, 0.1) is 0 Å². The van der Waals surface area contributed by atoms with Gasteiger partial charge in [-0.1, -0.05) is 72.8 Å². The minimum Gasteiger partial charge on any atom is -0.497 e. The molecule has 3 aromatic rings. The van der Waals surface area contributed by atoms with Gasteiger partial charge in [0.25, 0.3) is 0 Å². The van der Waals surface area contributed by atoms with Crippen LogP contribution in [0.25, 0.3) is 6.08 Å². The van der Waals surface area contributed by atoms with E-state index < -0.39 is 7.14 Å². The highest BCUT2D eigenvalue weighted by Gasteiger charge is 2.31. The van der Waals surface area contributed by atoms with Crippen LogP contribution in [0.2, 0.25) is 0 Å². The maximum atomic E-state index is 14.5. The summed E-state index contributed by atoms with van der Waals surface area (Å²) in [4.78, 5) is 0. The molecule has 0 saturated heterocycles. The van der Waals surface area contributed by atoms with Gasteiger partial charge in [-0.3, -0.25) is 0 Å². The van der Waals surface area contributed by atoms with E-state index in [4.69, 9.17) is 9.47 Å². The van der Waals surface area contributed by atoms with E-state index in [1.54, 1.807) is 14.2 Å². The number of methoxy groups -OCH3 is 2. The molecule has 0 amide bonds. The highest BCUT2D eigenvalue weighted by molar-refractivity contribution is 7.82. The second kappa shape index (κ2) is 8.85. The van der Waals surface area contributed by atoms with E-state index in [2.05, 4.69) is 0 Å².